The van der Waals surface area contributed by atoms with Gasteiger partial charge in [0.05, 0.1) is 5.69 Å². The van der Waals surface area contributed by atoms with Gasteiger partial charge in [-0.15, -0.1) is 6.42 Å². The lowest BCUT2D eigenvalue weighted by molar-refractivity contribution is 0.303. The van der Waals surface area contributed by atoms with Crippen LogP contribution in [0.15, 0.2) is 41.2 Å². The van der Waals surface area contributed by atoms with Gasteiger partial charge >= 0.3 is 5.69 Å². The monoisotopic (exact) mass is 334 g/mol. The van der Waals surface area contributed by atoms with Gasteiger partial charge < -0.3 is 4.74 Å². The van der Waals surface area contributed by atoms with E-state index in [4.69, 9.17) is 11.2 Å². The molecule has 0 bridgehead atoms. The zero-order chi connectivity index (χ0) is 18.0. The van der Waals surface area contributed by atoms with Crippen molar-refractivity contribution in [3.8, 4) is 23.8 Å². The van der Waals surface area contributed by atoms with E-state index in [1.807, 2.05) is 38.1 Å². The van der Waals surface area contributed by atoms with Gasteiger partial charge in [-0.05, 0) is 53.6 Å². The second-order valence-corrected chi connectivity index (χ2v) is 5.80. The fraction of sp³-hybridized carbons (Fsp3) is 0.211. The van der Waals surface area contributed by atoms with E-state index in [0.717, 1.165) is 21.6 Å². The van der Waals surface area contributed by atoms with E-state index < -0.39 is 0 Å². The Kier molecular flexibility index (Phi) is 4.40. The predicted octanol–water partition coefficient (Wildman–Crippen LogP) is 2.14. The molecule has 0 unspecified atom stereocenters. The van der Waals surface area contributed by atoms with E-state index >= 15 is 0 Å². The van der Waals surface area contributed by atoms with Crippen LogP contribution in [0.1, 0.15) is 22.3 Å². The maximum absolute atomic E-state index is 12.2. The van der Waals surface area contributed by atoms with Crippen LogP contribution in [0, 0.1) is 26.2 Å². The Morgan fingerprint density at radius 3 is 2.68 bits per heavy atom. The van der Waals surface area contributed by atoms with Crippen molar-refractivity contribution in [1.29, 1.82) is 0 Å². The summed E-state index contributed by atoms with van der Waals surface area (Å²) in [5.41, 5.74) is 3.73. The minimum atomic E-state index is -0.345. The number of tetrazole rings is 1. The summed E-state index contributed by atoms with van der Waals surface area (Å²) in [6.07, 6.45) is 5.63. The van der Waals surface area contributed by atoms with Crippen LogP contribution in [0.5, 0.6) is 5.75 Å². The predicted molar refractivity (Wildman–Crippen MR) is 94.8 cm³/mol. The summed E-state index contributed by atoms with van der Waals surface area (Å²) in [6, 6.07) is 11.4. The SMILES string of the molecule is C#Cc1cccc(-n2nnn(C)c2=O)c1COc1cc(C)ccc1C. The van der Waals surface area contributed by atoms with Crippen LogP contribution in [0.3, 0.4) is 0 Å². The fourth-order valence-electron chi connectivity index (χ4n) is 2.54. The lowest BCUT2D eigenvalue weighted by Gasteiger charge is -2.14. The molecule has 126 valence electrons. The van der Waals surface area contributed by atoms with Gasteiger partial charge in [-0.1, -0.05) is 24.1 Å². The van der Waals surface area contributed by atoms with Gasteiger partial charge in [0, 0.05) is 18.2 Å². The van der Waals surface area contributed by atoms with Gasteiger partial charge in [0.15, 0.2) is 0 Å². The third-order valence-corrected chi connectivity index (χ3v) is 3.97. The van der Waals surface area contributed by atoms with Gasteiger partial charge in [-0.2, -0.15) is 9.36 Å². The molecule has 1 heterocycles. The van der Waals surface area contributed by atoms with Crippen LogP contribution < -0.4 is 10.4 Å². The number of terminal acetylenes is 1. The molecule has 0 saturated heterocycles. The van der Waals surface area contributed by atoms with Crippen molar-refractivity contribution in [3.05, 3.63) is 69.1 Å². The number of aryl methyl sites for hydroxylation is 3. The number of ether oxygens (including phenoxy) is 1. The average molecular weight is 334 g/mol. The Morgan fingerprint density at radius 1 is 1.20 bits per heavy atom. The lowest BCUT2D eigenvalue weighted by Crippen LogP contribution is -2.23. The first-order valence-electron chi connectivity index (χ1n) is 7.79. The first-order valence-corrected chi connectivity index (χ1v) is 7.79. The van der Waals surface area contributed by atoms with E-state index in [-0.39, 0.29) is 12.3 Å². The Morgan fingerprint density at radius 2 is 2.00 bits per heavy atom. The van der Waals surface area contributed by atoms with Crippen molar-refractivity contribution < 1.29 is 4.74 Å². The number of hydrogen-bond acceptors (Lipinski definition) is 4. The van der Waals surface area contributed by atoms with E-state index in [0.29, 0.717) is 16.8 Å². The smallest absolute Gasteiger partial charge is 0.368 e. The summed E-state index contributed by atoms with van der Waals surface area (Å²) in [5, 5.41) is 7.66. The molecule has 25 heavy (non-hydrogen) atoms. The van der Waals surface area contributed by atoms with Crippen LogP contribution in [-0.4, -0.2) is 19.8 Å². The average Bonchev–Trinajstić information content (AvgIpc) is 2.94. The quantitative estimate of drug-likeness (QED) is 0.686. The van der Waals surface area contributed by atoms with Crippen LogP contribution >= 0.6 is 0 Å². The van der Waals surface area contributed by atoms with E-state index in [2.05, 4.69) is 16.3 Å². The van der Waals surface area contributed by atoms with Gasteiger partial charge in [0.2, 0.25) is 0 Å². The molecule has 0 amide bonds. The third-order valence-electron chi connectivity index (χ3n) is 3.97. The van der Waals surface area contributed by atoms with Crippen molar-refractivity contribution in [2.75, 3.05) is 0 Å². The second kappa shape index (κ2) is 6.65. The van der Waals surface area contributed by atoms with Gasteiger partial charge in [-0.3, -0.25) is 0 Å². The lowest BCUT2D eigenvalue weighted by atomic mass is 10.1. The second-order valence-electron chi connectivity index (χ2n) is 5.80. The third kappa shape index (κ3) is 3.17. The van der Waals surface area contributed by atoms with E-state index in [1.54, 1.807) is 19.2 Å². The Hall–Kier alpha value is -3.33. The van der Waals surface area contributed by atoms with Crippen molar-refractivity contribution in [2.45, 2.75) is 20.5 Å². The van der Waals surface area contributed by atoms with Crippen LogP contribution in [0.2, 0.25) is 0 Å². The molecule has 3 aromatic rings. The molecule has 3 rings (SSSR count). The summed E-state index contributed by atoms with van der Waals surface area (Å²) in [5.74, 6) is 3.43. The maximum Gasteiger partial charge on any atom is 0.368 e. The Balaban J connectivity index is 2.03. The van der Waals surface area contributed by atoms with Crippen molar-refractivity contribution >= 4 is 0 Å². The normalized spacial score (nSPS) is 10.5. The Bertz CT molecular complexity index is 1020. The van der Waals surface area contributed by atoms with Crippen molar-refractivity contribution in [3.63, 3.8) is 0 Å². The molecule has 0 aliphatic rings. The highest BCUT2D eigenvalue weighted by atomic mass is 16.5. The largest absolute Gasteiger partial charge is 0.488 e. The molecule has 0 fully saturated rings. The number of hydrogen-bond donors (Lipinski definition) is 0. The first-order chi connectivity index (χ1) is 12.0. The first kappa shape index (κ1) is 16.5. The van der Waals surface area contributed by atoms with Crippen LogP contribution in [-0.2, 0) is 13.7 Å². The zero-order valence-corrected chi connectivity index (χ0v) is 14.4. The summed E-state index contributed by atoms with van der Waals surface area (Å²) >= 11 is 0. The highest BCUT2D eigenvalue weighted by Gasteiger charge is 2.15. The Labute approximate surface area is 145 Å². The highest BCUT2D eigenvalue weighted by molar-refractivity contribution is 5.51. The fourth-order valence-corrected chi connectivity index (χ4v) is 2.54. The summed E-state index contributed by atoms with van der Waals surface area (Å²) < 4.78 is 8.38. The molecule has 0 saturated carbocycles. The zero-order valence-electron chi connectivity index (χ0n) is 14.4. The molecule has 0 aliphatic heterocycles. The number of aromatic nitrogens is 4. The number of nitrogens with zero attached hydrogens (tertiary/aromatic N) is 4. The molecule has 6 nitrogen and oxygen atoms in total. The molecular formula is C19H18N4O2. The van der Waals surface area contributed by atoms with Crippen LogP contribution in [0.25, 0.3) is 5.69 Å². The molecular weight excluding hydrogens is 316 g/mol. The summed E-state index contributed by atoms with van der Waals surface area (Å²) in [4.78, 5) is 12.2. The minimum absolute atomic E-state index is 0.225. The number of rotatable bonds is 4. The topological polar surface area (TPSA) is 61.9 Å². The summed E-state index contributed by atoms with van der Waals surface area (Å²) in [6.45, 7) is 4.21. The molecule has 0 spiro atoms. The van der Waals surface area contributed by atoms with E-state index in [1.165, 1.54) is 4.68 Å². The molecule has 0 atom stereocenters. The molecule has 0 aliphatic carbocycles. The minimum Gasteiger partial charge on any atom is -0.488 e. The van der Waals surface area contributed by atoms with Crippen molar-refractivity contribution in [2.24, 2.45) is 7.05 Å². The standard InChI is InChI=1S/C19H18N4O2/c1-5-15-7-6-8-17(23-19(24)22(4)20-21-23)16(15)12-25-18-11-13(2)9-10-14(18)3/h1,6-11H,12H2,2-4H3. The van der Waals surface area contributed by atoms with Crippen molar-refractivity contribution in [1.82, 2.24) is 19.8 Å². The molecule has 2 aromatic carbocycles. The number of benzene rings is 2. The summed E-state index contributed by atoms with van der Waals surface area (Å²) in [7, 11) is 1.54. The highest BCUT2D eigenvalue weighted by Crippen LogP contribution is 2.23. The molecule has 0 radical (unpaired) electrons. The van der Waals surface area contributed by atoms with Gasteiger partial charge in [0.1, 0.15) is 12.4 Å². The van der Waals surface area contributed by atoms with E-state index in [9.17, 15) is 4.79 Å². The van der Waals surface area contributed by atoms with Crippen LogP contribution in [0.4, 0.5) is 0 Å². The maximum atomic E-state index is 12.2. The molecule has 0 N–H and O–H groups in total. The molecule has 6 heteroatoms. The van der Waals surface area contributed by atoms with Gasteiger partial charge in [0.25, 0.3) is 0 Å². The molecule has 1 aromatic heterocycles. The van der Waals surface area contributed by atoms with Gasteiger partial charge in [-0.25, -0.2) is 4.79 Å².